The van der Waals surface area contributed by atoms with Gasteiger partial charge in [0.05, 0.1) is 0 Å². The van der Waals surface area contributed by atoms with Crippen molar-refractivity contribution in [3.63, 3.8) is 0 Å². The number of hydrogen-bond donors (Lipinski definition) is 2. The van der Waals surface area contributed by atoms with Crippen LogP contribution < -0.4 is 10.6 Å². The van der Waals surface area contributed by atoms with Gasteiger partial charge in [-0.3, -0.25) is 0 Å². The van der Waals surface area contributed by atoms with Crippen LogP contribution in [0.1, 0.15) is 46.0 Å². The molecule has 0 aromatic heterocycles. The lowest BCUT2D eigenvalue weighted by Gasteiger charge is -2.41. The lowest BCUT2D eigenvalue weighted by atomic mass is 9.77. The van der Waals surface area contributed by atoms with Crippen LogP contribution in [0.25, 0.3) is 0 Å². The minimum absolute atomic E-state index is 0.481. The highest BCUT2D eigenvalue weighted by molar-refractivity contribution is 4.91. The molecular weight excluding hydrogens is 172 g/mol. The van der Waals surface area contributed by atoms with E-state index in [1.165, 1.54) is 38.6 Å². The van der Waals surface area contributed by atoms with Gasteiger partial charge in [-0.05, 0) is 37.6 Å². The molecule has 0 spiro atoms. The zero-order valence-electron chi connectivity index (χ0n) is 9.60. The van der Waals surface area contributed by atoms with Crippen LogP contribution in [0.5, 0.6) is 0 Å². The average Bonchev–Trinajstić information content (AvgIpc) is 2.04. The van der Waals surface area contributed by atoms with Gasteiger partial charge < -0.3 is 10.6 Å². The monoisotopic (exact) mass is 196 g/mol. The summed E-state index contributed by atoms with van der Waals surface area (Å²) in [5.74, 6) is 0. The predicted octanol–water partition coefficient (Wildman–Crippen LogP) is 1.91. The van der Waals surface area contributed by atoms with Gasteiger partial charge in [0.15, 0.2) is 0 Å². The Morgan fingerprint density at radius 1 is 1.29 bits per heavy atom. The van der Waals surface area contributed by atoms with Crippen LogP contribution in [0.2, 0.25) is 0 Å². The molecule has 0 aromatic rings. The van der Waals surface area contributed by atoms with E-state index in [-0.39, 0.29) is 0 Å². The summed E-state index contributed by atoms with van der Waals surface area (Å²) in [5, 5.41) is 7.33. The molecule has 0 radical (unpaired) electrons. The molecule has 1 saturated heterocycles. The number of hydrogen-bond acceptors (Lipinski definition) is 2. The fourth-order valence-corrected chi connectivity index (χ4v) is 2.52. The second kappa shape index (κ2) is 4.19. The minimum atomic E-state index is 0.481. The van der Waals surface area contributed by atoms with E-state index >= 15 is 0 Å². The van der Waals surface area contributed by atoms with Crippen molar-refractivity contribution in [1.82, 2.24) is 10.6 Å². The van der Waals surface area contributed by atoms with Crippen LogP contribution in [-0.2, 0) is 0 Å². The van der Waals surface area contributed by atoms with Gasteiger partial charge in [-0.2, -0.15) is 0 Å². The fourth-order valence-electron chi connectivity index (χ4n) is 2.52. The van der Waals surface area contributed by atoms with Gasteiger partial charge in [-0.15, -0.1) is 0 Å². The van der Waals surface area contributed by atoms with E-state index < -0.39 is 0 Å². The molecule has 2 heteroatoms. The zero-order chi connectivity index (χ0) is 10.0. The molecule has 1 aliphatic heterocycles. The SMILES string of the molecule is CC1(C)CCCNC1CNC1CCC1. The molecule has 1 heterocycles. The van der Waals surface area contributed by atoms with E-state index in [1.54, 1.807) is 0 Å². The minimum Gasteiger partial charge on any atom is -0.312 e. The zero-order valence-corrected chi connectivity index (χ0v) is 9.60. The molecule has 1 saturated carbocycles. The van der Waals surface area contributed by atoms with Crippen molar-refractivity contribution in [2.75, 3.05) is 13.1 Å². The standard InChI is InChI=1S/C12H24N2/c1-12(2)7-4-8-13-11(12)9-14-10-5-3-6-10/h10-11,13-14H,3-9H2,1-2H3. The first-order valence-corrected chi connectivity index (χ1v) is 6.15. The molecule has 2 aliphatic rings. The molecule has 0 amide bonds. The van der Waals surface area contributed by atoms with E-state index in [0.717, 1.165) is 12.6 Å². The molecule has 0 aromatic carbocycles. The van der Waals surface area contributed by atoms with E-state index in [4.69, 9.17) is 0 Å². The normalized spacial score (nSPS) is 32.6. The quantitative estimate of drug-likeness (QED) is 0.720. The predicted molar refractivity (Wildman–Crippen MR) is 60.4 cm³/mol. The Balaban J connectivity index is 1.76. The molecule has 2 rings (SSSR count). The fraction of sp³-hybridized carbons (Fsp3) is 1.00. The van der Waals surface area contributed by atoms with Crippen molar-refractivity contribution in [2.45, 2.75) is 58.0 Å². The van der Waals surface area contributed by atoms with E-state index in [0.29, 0.717) is 11.5 Å². The highest BCUT2D eigenvalue weighted by Gasteiger charge is 2.32. The van der Waals surface area contributed by atoms with Gasteiger partial charge in [0.1, 0.15) is 0 Å². The van der Waals surface area contributed by atoms with Crippen molar-refractivity contribution in [2.24, 2.45) is 5.41 Å². The van der Waals surface area contributed by atoms with Gasteiger partial charge in [0.25, 0.3) is 0 Å². The molecule has 1 aliphatic carbocycles. The van der Waals surface area contributed by atoms with Gasteiger partial charge in [0, 0.05) is 18.6 Å². The first kappa shape index (κ1) is 10.4. The third-order valence-corrected chi connectivity index (χ3v) is 4.05. The summed E-state index contributed by atoms with van der Waals surface area (Å²) in [4.78, 5) is 0. The van der Waals surface area contributed by atoms with Crippen molar-refractivity contribution in [1.29, 1.82) is 0 Å². The first-order valence-electron chi connectivity index (χ1n) is 6.15. The summed E-state index contributed by atoms with van der Waals surface area (Å²) in [7, 11) is 0. The van der Waals surface area contributed by atoms with E-state index in [1.807, 2.05) is 0 Å². The van der Waals surface area contributed by atoms with Crippen LogP contribution in [0.3, 0.4) is 0 Å². The van der Waals surface area contributed by atoms with Crippen molar-refractivity contribution >= 4 is 0 Å². The largest absolute Gasteiger partial charge is 0.312 e. The highest BCUT2D eigenvalue weighted by atomic mass is 15.0. The maximum absolute atomic E-state index is 3.68. The Labute approximate surface area is 87.8 Å². The maximum Gasteiger partial charge on any atom is 0.0243 e. The molecule has 0 bridgehead atoms. The second-order valence-corrected chi connectivity index (χ2v) is 5.63. The lowest BCUT2D eigenvalue weighted by molar-refractivity contribution is 0.166. The molecule has 2 N–H and O–H groups in total. The van der Waals surface area contributed by atoms with Crippen LogP contribution in [0.15, 0.2) is 0 Å². The highest BCUT2D eigenvalue weighted by Crippen LogP contribution is 2.30. The molecule has 2 nitrogen and oxygen atoms in total. The van der Waals surface area contributed by atoms with Crippen LogP contribution in [0.4, 0.5) is 0 Å². The Kier molecular flexibility index (Phi) is 3.13. The van der Waals surface area contributed by atoms with Crippen molar-refractivity contribution < 1.29 is 0 Å². The van der Waals surface area contributed by atoms with Crippen LogP contribution in [-0.4, -0.2) is 25.2 Å². The number of rotatable bonds is 3. The summed E-state index contributed by atoms with van der Waals surface area (Å²) in [6.07, 6.45) is 6.93. The third kappa shape index (κ3) is 2.29. The Hall–Kier alpha value is -0.0800. The van der Waals surface area contributed by atoms with Gasteiger partial charge in [-0.25, -0.2) is 0 Å². The topological polar surface area (TPSA) is 24.1 Å². The van der Waals surface area contributed by atoms with E-state index in [2.05, 4.69) is 24.5 Å². The summed E-state index contributed by atoms with van der Waals surface area (Å²) in [6.45, 7) is 7.16. The van der Waals surface area contributed by atoms with Gasteiger partial charge in [-0.1, -0.05) is 20.3 Å². The van der Waals surface area contributed by atoms with Crippen molar-refractivity contribution in [3.05, 3.63) is 0 Å². The maximum atomic E-state index is 3.68. The number of nitrogens with one attached hydrogen (secondary N) is 2. The smallest absolute Gasteiger partial charge is 0.0243 e. The molecule has 1 unspecified atom stereocenters. The summed E-state index contributed by atoms with van der Waals surface area (Å²) < 4.78 is 0. The Morgan fingerprint density at radius 2 is 2.07 bits per heavy atom. The van der Waals surface area contributed by atoms with E-state index in [9.17, 15) is 0 Å². The average molecular weight is 196 g/mol. The first-order chi connectivity index (χ1) is 6.68. The third-order valence-electron chi connectivity index (χ3n) is 4.05. The summed E-state index contributed by atoms with van der Waals surface area (Å²) in [6, 6.07) is 1.51. The van der Waals surface area contributed by atoms with Crippen molar-refractivity contribution in [3.8, 4) is 0 Å². The Morgan fingerprint density at radius 3 is 2.64 bits per heavy atom. The second-order valence-electron chi connectivity index (χ2n) is 5.63. The summed E-state index contributed by atoms with van der Waals surface area (Å²) in [5.41, 5.74) is 0.481. The van der Waals surface area contributed by atoms with Crippen LogP contribution >= 0.6 is 0 Å². The number of piperidine rings is 1. The molecular formula is C12H24N2. The molecule has 1 atom stereocenters. The molecule has 2 fully saturated rings. The van der Waals surface area contributed by atoms with Crippen LogP contribution in [0, 0.1) is 5.41 Å². The molecule has 82 valence electrons. The lowest BCUT2D eigenvalue weighted by Crippen LogP contribution is -2.54. The Bertz CT molecular complexity index is 185. The van der Waals surface area contributed by atoms with Gasteiger partial charge >= 0.3 is 0 Å². The summed E-state index contributed by atoms with van der Waals surface area (Å²) >= 11 is 0. The molecule has 14 heavy (non-hydrogen) atoms. The van der Waals surface area contributed by atoms with Gasteiger partial charge in [0.2, 0.25) is 0 Å².